The van der Waals surface area contributed by atoms with Crippen molar-refractivity contribution in [2.75, 3.05) is 19.7 Å². The van der Waals surface area contributed by atoms with Gasteiger partial charge in [-0.05, 0) is 31.9 Å². The molecule has 110 valence electrons. The number of hydrogen-bond donors (Lipinski definition) is 1. The fraction of sp³-hybridized carbons (Fsp3) is 0.562. The van der Waals surface area contributed by atoms with Crippen LogP contribution in [0.15, 0.2) is 24.3 Å². The zero-order valence-corrected chi connectivity index (χ0v) is 12.6. The van der Waals surface area contributed by atoms with E-state index in [9.17, 15) is 4.79 Å². The largest absolute Gasteiger partial charge is 0.483 e. The quantitative estimate of drug-likeness (QED) is 0.912. The molecule has 2 rings (SSSR count). The van der Waals surface area contributed by atoms with E-state index in [1.165, 1.54) is 0 Å². The van der Waals surface area contributed by atoms with Gasteiger partial charge in [0.05, 0.1) is 0 Å². The van der Waals surface area contributed by atoms with Crippen LogP contribution in [0.1, 0.15) is 26.3 Å². The van der Waals surface area contributed by atoms with Crippen LogP contribution in [0.3, 0.4) is 0 Å². The molecule has 0 aliphatic carbocycles. The number of para-hydroxylation sites is 1. The minimum Gasteiger partial charge on any atom is -0.483 e. The number of nitrogens with zero attached hydrogens (tertiary/aromatic N) is 1. The lowest BCUT2D eigenvalue weighted by Gasteiger charge is -2.38. The fourth-order valence-corrected chi connectivity index (χ4v) is 2.57. The number of carbonyl (C=O) groups excluding carboxylic acids is 1. The molecule has 4 nitrogen and oxygen atoms in total. The molecule has 1 saturated heterocycles. The molecule has 1 aromatic rings. The summed E-state index contributed by atoms with van der Waals surface area (Å²) in [6.07, 6.45) is 0.908. The van der Waals surface area contributed by atoms with Crippen LogP contribution >= 0.6 is 0 Å². The Kier molecular flexibility index (Phi) is 5.01. The molecule has 2 atom stereocenters. The summed E-state index contributed by atoms with van der Waals surface area (Å²) in [5.74, 6) is 0.885. The Balaban J connectivity index is 1.95. The maximum atomic E-state index is 12.3. The van der Waals surface area contributed by atoms with Gasteiger partial charge in [0.1, 0.15) is 5.75 Å². The number of aryl methyl sites for hydroxylation is 1. The second-order valence-corrected chi connectivity index (χ2v) is 5.32. The number of hydrogen-bond acceptors (Lipinski definition) is 3. The summed E-state index contributed by atoms with van der Waals surface area (Å²) in [5.41, 5.74) is 1.14. The molecule has 0 bridgehead atoms. The molecule has 1 heterocycles. The Morgan fingerprint density at radius 1 is 1.40 bits per heavy atom. The average molecular weight is 276 g/mol. The number of amides is 1. The van der Waals surface area contributed by atoms with Crippen molar-refractivity contribution >= 4 is 5.91 Å². The standard InChI is InChI=1S/C16H24N2O2/c1-4-14-7-5-6-8-15(14)20-11-16(19)18-10-9-17-12(2)13(18)3/h5-8,12-13,17H,4,9-11H2,1-3H3. The predicted octanol–water partition coefficient (Wildman–Crippen LogP) is 1.84. The van der Waals surface area contributed by atoms with Crippen molar-refractivity contribution in [1.82, 2.24) is 10.2 Å². The van der Waals surface area contributed by atoms with Crippen LogP contribution in [-0.4, -0.2) is 42.6 Å². The topological polar surface area (TPSA) is 41.6 Å². The van der Waals surface area contributed by atoms with Gasteiger partial charge < -0.3 is 15.0 Å². The van der Waals surface area contributed by atoms with Gasteiger partial charge >= 0.3 is 0 Å². The maximum Gasteiger partial charge on any atom is 0.260 e. The van der Waals surface area contributed by atoms with E-state index < -0.39 is 0 Å². The first-order valence-corrected chi connectivity index (χ1v) is 7.37. The summed E-state index contributed by atoms with van der Waals surface area (Å²) in [6, 6.07) is 8.43. The predicted molar refractivity (Wildman–Crippen MR) is 80.0 cm³/mol. The van der Waals surface area contributed by atoms with Crippen molar-refractivity contribution in [2.45, 2.75) is 39.3 Å². The Hall–Kier alpha value is -1.55. The maximum absolute atomic E-state index is 12.3. The van der Waals surface area contributed by atoms with Gasteiger partial charge in [-0.2, -0.15) is 0 Å². The van der Waals surface area contributed by atoms with Gasteiger partial charge in [0.25, 0.3) is 5.91 Å². The molecule has 20 heavy (non-hydrogen) atoms. The number of piperazine rings is 1. The van der Waals surface area contributed by atoms with Crippen LogP contribution in [0.4, 0.5) is 0 Å². The van der Waals surface area contributed by atoms with Crippen molar-refractivity contribution in [3.63, 3.8) is 0 Å². The van der Waals surface area contributed by atoms with E-state index in [2.05, 4.69) is 26.1 Å². The monoisotopic (exact) mass is 276 g/mol. The SMILES string of the molecule is CCc1ccccc1OCC(=O)N1CCNC(C)C1C. The minimum atomic E-state index is 0.0664. The second kappa shape index (κ2) is 6.75. The van der Waals surface area contributed by atoms with E-state index in [0.29, 0.717) is 6.04 Å². The van der Waals surface area contributed by atoms with Gasteiger partial charge in [0.2, 0.25) is 0 Å². The second-order valence-electron chi connectivity index (χ2n) is 5.32. The molecule has 4 heteroatoms. The zero-order valence-electron chi connectivity index (χ0n) is 12.6. The summed E-state index contributed by atoms with van der Waals surface area (Å²) < 4.78 is 5.72. The third kappa shape index (κ3) is 3.31. The Morgan fingerprint density at radius 3 is 2.90 bits per heavy atom. The van der Waals surface area contributed by atoms with Gasteiger partial charge in [-0.15, -0.1) is 0 Å². The molecule has 1 N–H and O–H groups in total. The Bertz CT molecular complexity index is 462. The van der Waals surface area contributed by atoms with Crippen LogP contribution in [0.5, 0.6) is 5.75 Å². The van der Waals surface area contributed by atoms with Gasteiger partial charge in [-0.25, -0.2) is 0 Å². The molecular weight excluding hydrogens is 252 g/mol. The van der Waals surface area contributed by atoms with Gasteiger partial charge in [0.15, 0.2) is 6.61 Å². The van der Waals surface area contributed by atoms with Crippen molar-refractivity contribution in [3.8, 4) is 5.75 Å². The summed E-state index contributed by atoms with van der Waals surface area (Å²) in [4.78, 5) is 14.2. The van der Waals surface area contributed by atoms with E-state index in [-0.39, 0.29) is 18.6 Å². The van der Waals surface area contributed by atoms with Crippen LogP contribution in [0.25, 0.3) is 0 Å². The number of nitrogens with one attached hydrogen (secondary N) is 1. The van der Waals surface area contributed by atoms with Crippen molar-refractivity contribution in [3.05, 3.63) is 29.8 Å². The molecule has 0 saturated carbocycles. The highest BCUT2D eigenvalue weighted by molar-refractivity contribution is 5.78. The molecule has 1 aromatic carbocycles. The van der Waals surface area contributed by atoms with E-state index in [4.69, 9.17) is 4.74 Å². The highest BCUT2D eigenvalue weighted by atomic mass is 16.5. The summed E-state index contributed by atoms with van der Waals surface area (Å²) >= 11 is 0. The van der Waals surface area contributed by atoms with Crippen molar-refractivity contribution < 1.29 is 9.53 Å². The smallest absolute Gasteiger partial charge is 0.260 e. The number of benzene rings is 1. The lowest BCUT2D eigenvalue weighted by atomic mass is 10.1. The van der Waals surface area contributed by atoms with Crippen molar-refractivity contribution in [1.29, 1.82) is 0 Å². The van der Waals surface area contributed by atoms with E-state index in [1.54, 1.807) is 0 Å². The van der Waals surface area contributed by atoms with Crippen LogP contribution in [0, 0.1) is 0 Å². The highest BCUT2D eigenvalue weighted by Crippen LogP contribution is 2.18. The molecule has 1 amide bonds. The first-order valence-electron chi connectivity index (χ1n) is 7.37. The molecule has 0 spiro atoms. The first kappa shape index (κ1) is 14.9. The van der Waals surface area contributed by atoms with Gasteiger partial charge in [-0.1, -0.05) is 25.1 Å². The van der Waals surface area contributed by atoms with Crippen LogP contribution in [0.2, 0.25) is 0 Å². The molecular formula is C16H24N2O2. The number of rotatable bonds is 4. The van der Waals surface area contributed by atoms with Gasteiger partial charge in [-0.3, -0.25) is 4.79 Å². The normalized spacial score (nSPS) is 22.6. The highest BCUT2D eigenvalue weighted by Gasteiger charge is 2.28. The first-order chi connectivity index (χ1) is 9.63. The third-order valence-electron chi connectivity index (χ3n) is 4.06. The summed E-state index contributed by atoms with van der Waals surface area (Å²) in [7, 11) is 0. The molecule has 0 aromatic heterocycles. The number of ether oxygens (including phenoxy) is 1. The molecule has 1 fully saturated rings. The minimum absolute atomic E-state index is 0.0664. The lowest BCUT2D eigenvalue weighted by molar-refractivity contribution is -0.137. The summed E-state index contributed by atoms with van der Waals surface area (Å²) in [5, 5.41) is 3.37. The summed E-state index contributed by atoms with van der Waals surface area (Å²) in [6.45, 7) is 8.00. The lowest BCUT2D eigenvalue weighted by Crippen LogP contribution is -2.58. The van der Waals surface area contributed by atoms with E-state index in [0.717, 1.165) is 30.8 Å². The number of carbonyl (C=O) groups is 1. The zero-order chi connectivity index (χ0) is 14.5. The molecule has 1 aliphatic heterocycles. The molecule has 2 unspecified atom stereocenters. The fourth-order valence-electron chi connectivity index (χ4n) is 2.57. The Morgan fingerprint density at radius 2 is 2.15 bits per heavy atom. The Labute approximate surface area is 121 Å². The molecule has 0 radical (unpaired) electrons. The van der Waals surface area contributed by atoms with Crippen LogP contribution in [-0.2, 0) is 11.2 Å². The average Bonchev–Trinajstić information content (AvgIpc) is 2.48. The van der Waals surface area contributed by atoms with E-state index in [1.807, 2.05) is 29.2 Å². The van der Waals surface area contributed by atoms with E-state index >= 15 is 0 Å². The van der Waals surface area contributed by atoms with Crippen molar-refractivity contribution in [2.24, 2.45) is 0 Å². The van der Waals surface area contributed by atoms with Crippen LogP contribution < -0.4 is 10.1 Å². The third-order valence-corrected chi connectivity index (χ3v) is 4.06. The van der Waals surface area contributed by atoms with Gasteiger partial charge in [0, 0.05) is 25.2 Å². The molecule has 1 aliphatic rings.